The fraction of sp³-hybridized carbons (Fsp3) is 0.200. The summed E-state index contributed by atoms with van der Waals surface area (Å²) in [6, 6.07) is 11.2. The number of ether oxygens (including phenoxy) is 1. The number of nitrogens with two attached hydrogens (primary N) is 1. The van der Waals surface area contributed by atoms with Crippen LogP contribution in [0.3, 0.4) is 0 Å². The molecule has 0 aliphatic heterocycles. The lowest BCUT2D eigenvalue weighted by molar-refractivity contribution is 0.1000. The van der Waals surface area contributed by atoms with Gasteiger partial charge in [0.1, 0.15) is 11.6 Å². The van der Waals surface area contributed by atoms with E-state index in [0.717, 1.165) is 18.7 Å². The first kappa shape index (κ1) is 13.9. The van der Waals surface area contributed by atoms with Crippen molar-refractivity contribution < 1.29 is 9.53 Å². The molecule has 2 aromatic rings. The molecule has 5 heteroatoms. The number of anilines is 1. The van der Waals surface area contributed by atoms with Crippen molar-refractivity contribution in [3.63, 3.8) is 0 Å². The van der Waals surface area contributed by atoms with Crippen molar-refractivity contribution in [1.29, 1.82) is 0 Å². The molecule has 2 rings (SSSR count). The molecule has 0 fully saturated rings. The molecule has 0 saturated carbocycles. The number of carbonyl (C=O) groups is 1. The lowest BCUT2D eigenvalue weighted by atomic mass is 10.1. The highest BCUT2D eigenvalue weighted by Crippen LogP contribution is 2.12. The quantitative estimate of drug-likeness (QED) is 0.840. The van der Waals surface area contributed by atoms with Gasteiger partial charge in [-0.1, -0.05) is 12.1 Å². The molecule has 0 atom stereocenters. The van der Waals surface area contributed by atoms with Gasteiger partial charge in [0.2, 0.25) is 5.91 Å². The number of primary amides is 1. The largest absolute Gasteiger partial charge is 0.497 e. The molecule has 5 nitrogen and oxygen atoms in total. The van der Waals surface area contributed by atoms with Gasteiger partial charge >= 0.3 is 0 Å². The Morgan fingerprint density at radius 3 is 2.70 bits per heavy atom. The summed E-state index contributed by atoms with van der Waals surface area (Å²) in [6.07, 6.45) is 2.42. The van der Waals surface area contributed by atoms with Crippen molar-refractivity contribution in [1.82, 2.24) is 4.98 Å². The Balaban J connectivity index is 1.88. The number of hydrogen-bond donors (Lipinski definition) is 2. The summed E-state index contributed by atoms with van der Waals surface area (Å²) in [5, 5.41) is 3.17. The molecule has 1 aromatic heterocycles. The van der Waals surface area contributed by atoms with Crippen LogP contribution in [-0.2, 0) is 6.42 Å². The second kappa shape index (κ2) is 6.56. The summed E-state index contributed by atoms with van der Waals surface area (Å²) in [4.78, 5) is 15.2. The minimum Gasteiger partial charge on any atom is -0.497 e. The zero-order valence-electron chi connectivity index (χ0n) is 11.3. The van der Waals surface area contributed by atoms with Crippen molar-refractivity contribution in [2.45, 2.75) is 6.42 Å². The van der Waals surface area contributed by atoms with Crippen molar-refractivity contribution >= 4 is 11.7 Å². The smallest absolute Gasteiger partial charge is 0.248 e. The first-order valence-corrected chi connectivity index (χ1v) is 6.31. The molecule has 0 aliphatic carbocycles. The predicted molar refractivity (Wildman–Crippen MR) is 77.9 cm³/mol. The fourth-order valence-electron chi connectivity index (χ4n) is 1.81. The first-order valence-electron chi connectivity index (χ1n) is 6.31. The topological polar surface area (TPSA) is 77.2 Å². The molecule has 0 unspecified atom stereocenters. The number of aromatic nitrogens is 1. The van der Waals surface area contributed by atoms with Crippen LogP contribution in [0.25, 0.3) is 0 Å². The summed E-state index contributed by atoms with van der Waals surface area (Å²) in [5.41, 5.74) is 6.87. The van der Waals surface area contributed by atoms with Gasteiger partial charge in [-0.2, -0.15) is 0 Å². The van der Waals surface area contributed by atoms with Crippen LogP contribution < -0.4 is 15.8 Å². The summed E-state index contributed by atoms with van der Waals surface area (Å²) in [7, 11) is 1.65. The third kappa shape index (κ3) is 3.71. The predicted octanol–water partition coefficient (Wildman–Crippen LogP) is 1.84. The van der Waals surface area contributed by atoms with E-state index in [-0.39, 0.29) is 0 Å². The van der Waals surface area contributed by atoms with E-state index in [1.54, 1.807) is 25.4 Å². The van der Waals surface area contributed by atoms with Gasteiger partial charge in [0.05, 0.1) is 7.11 Å². The van der Waals surface area contributed by atoms with E-state index in [4.69, 9.17) is 10.5 Å². The maximum atomic E-state index is 11.1. The molecule has 1 heterocycles. The van der Waals surface area contributed by atoms with E-state index in [0.29, 0.717) is 11.4 Å². The van der Waals surface area contributed by atoms with Crippen molar-refractivity contribution in [3.8, 4) is 5.75 Å². The molecule has 1 aromatic carbocycles. The molecule has 0 spiro atoms. The summed E-state index contributed by atoms with van der Waals surface area (Å²) >= 11 is 0. The van der Waals surface area contributed by atoms with E-state index < -0.39 is 5.91 Å². The second-order valence-electron chi connectivity index (χ2n) is 4.32. The molecular weight excluding hydrogens is 254 g/mol. The number of rotatable bonds is 6. The molecule has 3 N–H and O–H groups in total. The van der Waals surface area contributed by atoms with Gasteiger partial charge < -0.3 is 15.8 Å². The molecule has 1 amide bonds. The number of nitrogens with one attached hydrogen (secondary N) is 1. The van der Waals surface area contributed by atoms with Crippen LogP contribution >= 0.6 is 0 Å². The number of benzene rings is 1. The standard InChI is InChI=1S/C15H17N3O2/c1-20-13-4-2-11(3-5-13)6-8-17-14-10-12(15(16)19)7-9-18-14/h2-5,7,9-10H,6,8H2,1H3,(H2,16,19)(H,17,18). The van der Waals surface area contributed by atoms with Crippen LogP contribution in [0.1, 0.15) is 15.9 Å². The van der Waals surface area contributed by atoms with E-state index in [1.165, 1.54) is 5.56 Å². The van der Waals surface area contributed by atoms with Crippen molar-refractivity contribution in [3.05, 3.63) is 53.7 Å². The molecular formula is C15H17N3O2. The van der Waals surface area contributed by atoms with Crippen LogP contribution in [0.4, 0.5) is 5.82 Å². The molecule has 0 bridgehead atoms. The molecule has 104 valence electrons. The zero-order chi connectivity index (χ0) is 14.4. The summed E-state index contributed by atoms with van der Waals surface area (Å²) < 4.78 is 5.11. The van der Waals surface area contributed by atoms with Gasteiger partial charge in [0.15, 0.2) is 0 Å². The number of methoxy groups -OCH3 is 1. The maximum absolute atomic E-state index is 11.1. The average Bonchev–Trinajstić information content (AvgIpc) is 2.48. The van der Waals surface area contributed by atoms with Crippen molar-refractivity contribution in [2.24, 2.45) is 5.73 Å². The Labute approximate surface area is 117 Å². The van der Waals surface area contributed by atoms with Crippen LogP contribution in [0, 0.1) is 0 Å². The van der Waals surface area contributed by atoms with Gasteiger partial charge in [0.25, 0.3) is 0 Å². The molecule has 0 radical (unpaired) electrons. The fourth-order valence-corrected chi connectivity index (χ4v) is 1.81. The molecule has 0 saturated heterocycles. The number of carbonyl (C=O) groups excluding carboxylic acids is 1. The highest BCUT2D eigenvalue weighted by atomic mass is 16.5. The van der Waals surface area contributed by atoms with E-state index >= 15 is 0 Å². The Hall–Kier alpha value is -2.56. The third-order valence-electron chi connectivity index (χ3n) is 2.92. The first-order chi connectivity index (χ1) is 9.69. The van der Waals surface area contributed by atoms with Gasteiger partial charge in [0, 0.05) is 18.3 Å². The van der Waals surface area contributed by atoms with Crippen LogP contribution in [-0.4, -0.2) is 24.5 Å². The Kier molecular flexibility index (Phi) is 4.55. The highest BCUT2D eigenvalue weighted by Gasteiger charge is 2.02. The SMILES string of the molecule is COc1ccc(CCNc2cc(C(N)=O)ccn2)cc1. The minimum absolute atomic E-state index is 0.451. The lowest BCUT2D eigenvalue weighted by Crippen LogP contribution is -2.12. The van der Waals surface area contributed by atoms with E-state index in [9.17, 15) is 4.79 Å². The van der Waals surface area contributed by atoms with Gasteiger partial charge in [-0.25, -0.2) is 4.98 Å². The Morgan fingerprint density at radius 1 is 1.30 bits per heavy atom. The normalized spacial score (nSPS) is 10.1. The number of hydrogen-bond acceptors (Lipinski definition) is 4. The molecule has 20 heavy (non-hydrogen) atoms. The van der Waals surface area contributed by atoms with Gasteiger partial charge in [-0.15, -0.1) is 0 Å². The maximum Gasteiger partial charge on any atom is 0.248 e. The third-order valence-corrected chi connectivity index (χ3v) is 2.92. The Bertz CT molecular complexity index is 582. The van der Waals surface area contributed by atoms with Crippen molar-refractivity contribution in [2.75, 3.05) is 19.0 Å². The monoisotopic (exact) mass is 271 g/mol. The number of amides is 1. The van der Waals surface area contributed by atoms with Gasteiger partial charge in [-0.3, -0.25) is 4.79 Å². The second-order valence-corrected chi connectivity index (χ2v) is 4.32. The van der Waals surface area contributed by atoms with Crippen LogP contribution in [0.2, 0.25) is 0 Å². The summed E-state index contributed by atoms with van der Waals surface area (Å²) in [6.45, 7) is 0.724. The zero-order valence-corrected chi connectivity index (χ0v) is 11.3. The number of nitrogens with zero attached hydrogens (tertiary/aromatic N) is 1. The lowest BCUT2D eigenvalue weighted by Gasteiger charge is -2.07. The van der Waals surface area contributed by atoms with E-state index in [2.05, 4.69) is 10.3 Å². The van der Waals surface area contributed by atoms with Crippen LogP contribution in [0.15, 0.2) is 42.6 Å². The van der Waals surface area contributed by atoms with Crippen LogP contribution in [0.5, 0.6) is 5.75 Å². The highest BCUT2D eigenvalue weighted by molar-refractivity contribution is 5.93. The minimum atomic E-state index is -0.453. The van der Waals surface area contributed by atoms with Gasteiger partial charge in [-0.05, 0) is 36.2 Å². The number of pyridine rings is 1. The Morgan fingerprint density at radius 2 is 2.05 bits per heavy atom. The summed E-state index contributed by atoms with van der Waals surface area (Å²) in [5.74, 6) is 1.04. The average molecular weight is 271 g/mol. The molecule has 0 aliphatic rings. The van der Waals surface area contributed by atoms with E-state index in [1.807, 2.05) is 24.3 Å².